The van der Waals surface area contributed by atoms with Gasteiger partial charge in [-0.2, -0.15) is 5.10 Å². The van der Waals surface area contributed by atoms with Crippen molar-refractivity contribution in [3.8, 4) is 0 Å². The van der Waals surface area contributed by atoms with E-state index in [1.807, 2.05) is 12.3 Å². The zero-order chi connectivity index (χ0) is 9.80. The Morgan fingerprint density at radius 1 is 1.50 bits per heavy atom. The number of alkyl halides is 1. The van der Waals surface area contributed by atoms with Gasteiger partial charge in [0.1, 0.15) is 0 Å². The third-order valence-electron chi connectivity index (χ3n) is 2.75. The number of likely N-dealkylation sites (tertiary alicyclic amines) is 1. The van der Waals surface area contributed by atoms with E-state index in [1.54, 1.807) is 0 Å². The van der Waals surface area contributed by atoms with Crippen LogP contribution in [-0.2, 0) is 0 Å². The molecule has 0 N–H and O–H groups in total. The molecular formula is C10H16ClN3. The molecule has 14 heavy (non-hydrogen) atoms. The first-order valence-electron chi connectivity index (χ1n) is 5.17. The van der Waals surface area contributed by atoms with Crippen molar-refractivity contribution in [3.05, 3.63) is 18.5 Å². The lowest BCUT2D eigenvalue weighted by molar-refractivity contribution is 0.320. The van der Waals surface area contributed by atoms with Crippen molar-refractivity contribution < 1.29 is 0 Å². The molecule has 2 heterocycles. The van der Waals surface area contributed by atoms with Gasteiger partial charge in [0, 0.05) is 31.4 Å². The average molecular weight is 214 g/mol. The summed E-state index contributed by atoms with van der Waals surface area (Å²) in [5.74, 6) is 0.767. The second kappa shape index (κ2) is 4.80. The molecular weight excluding hydrogens is 198 g/mol. The Hall–Kier alpha value is -0.540. The van der Waals surface area contributed by atoms with Gasteiger partial charge in [-0.3, -0.25) is 4.68 Å². The van der Waals surface area contributed by atoms with Crippen LogP contribution >= 0.6 is 11.6 Å². The minimum absolute atomic E-state index is 0.570. The molecule has 2 rings (SSSR count). The van der Waals surface area contributed by atoms with E-state index in [9.17, 15) is 0 Å². The zero-order valence-electron chi connectivity index (χ0n) is 8.27. The molecule has 78 valence electrons. The third-order valence-corrected chi connectivity index (χ3v) is 3.02. The molecule has 0 amide bonds. The monoisotopic (exact) mass is 213 g/mol. The minimum atomic E-state index is 0.570. The second-order valence-corrected chi connectivity index (χ2v) is 4.15. The molecule has 0 saturated carbocycles. The Bertz CT molecular complexity index is 260. The molecule has 0 radical (unpaired) electrons. The molecule has 1 aliphatic heterocycles. The number of nitrogens with zero attached hydrogens (tertiary/aromatic N) is 3. The molecule has 1 atom stereocenters. The van der Waals surface area contributed by atoms with Crippen molar-refractivity contribution in [2.75, 3.05) is 25.5 Å². The molecule has 4 heteroatoms. The molecule has 1 saturated heterocycles. The standard InChI is InChI=1S/C10H16ClN3/c11-4-1-6-13-8-3-10(9-13)14-7-2-5-12-14/h2,5,7,10H,1,3-4,6,8-9H2. The quantitative estimate of drug-likeness (QED) is 0.711. The van der Waals surface area contributed by atoms with Gasteiger partial charge < -0.3 is 4.90 Å². The molecule has 1 unspecified atom stereocenters. The van der Waals surface area contributed by atoms with Gasteiger partial charge in [0.2, 0.25) is 0 Å². The fourth-order valence-electron chi connectivity index (χ4n) is 2.01. The summed E-state index contributed by atoms with van der Waals surface area (Å²) >= 11 is 5.67. The maximum absolute atomic E-state index is 5.67. The van der Waals surface area contributed by atoms with E-state index in [1.165, 1.54) is 13.0 Å². The van der Waals surface area contributed by atoms with E-state index in [0.717, 1.165) is 25.4 Å². The molecule has 1 aromatic heterocycles. The number of halogens is 1. The topological polar surface area (TPSA) is 21.1 Å². The van der Waals surface area contributed by atoms with Gasteiger partial charge in [-0.1, -0.05) is 0 Å². The Kier molecular flexibility index (Phi) is 3.43. The van der Waals surface area contributed by atoms with Crippen molar-refractivity contribution in [1.29, 1.82) is 0 Å². The normalized spacial score (nSPS) is 23.1. The summed E-state index contributed by atoms with van der Waals surface area (Å²) < 4.78 is 2.07. The summed E-state index contributed by atoms with van der Waals surface area (Å²) in [5, 5.41) is 4.28. The van der Waals surface area contributed by atoms with Crippen molar-refractivity contribution in [3.63, 3.8) is 0 Å². The van der Waals surface area contributed by atoms with Crippen LogP contribution in [0, 0.1) is 0 Å². The molecule has 1 aromatic rings. The van der Waals surface area contributed by atoms with Crippen LogP contribution in [0.4, 0.5) is 0 Å². The number of hydrogen-bond donors (Lipinski definition) is 0. The average Bonchev–Trinajstić information content (AvgIpc) is 2.85. The summed E-state index contributed by atoms with van der Waals surface area (Å²) in [5.41, 5.74) is 0. The highest BCUT2D eigenvalue weighted by atomic mass is 35.5. The molecule has 0 bridgehead atoms. The number of rotatable bonds is 4. The number of hydrogen-bond acceptors (Lipinski definition) is 2. The SMILES string of the molecule is ClCCCN1CCC(n2cccn2)C1. The molecule has 0 aromatic carbocycles. The van der Waals surface area contributed by atoms with E-state index >= 15 is 0 Å². The summed E-state index contributed by atoms with van der Waals surface area (Å²) in [6.07, 6.45) is 6.20. The first-order valence-corrected chi connectivity index (χ1v) is 5.71. The van der Waals surface area contributed by atoms with Crippen molar-refractivity contribution in [2.45, 2.75) is 18.9 Å². The Morgan fingerprint density at radius 3 is 3.14 bits per heavy atom. The summed E-state index contributed by atoms with van der Waals surface area (Å²) in [6.45, 7) is 3.43. The van der Waals surface area contributed by atoms with Crippen LogP contribution < -0.4 is 0 Å². The van der Waals surface area contributed by atoms with Crippen LogP contribution in [0.15, 0.2) is 18.5 Å². The van der Waals surface area contributed by atoms with Crippen LogP contribution in [0.2, 0.25) is 0 Å². The van der Waals surface area contributed by atoms with Gasteiger partial charge in [-0.05, 0) is 25.5 Å². The highest BCUT2D eigenvalue weighted by Gasteiger charge is 2.23. The summed E-state index contributed by atoms with van der Waals surface area (Å²) in [7, 11) is 0. The molecule has 1 aliphatic rings. The fraction of sp³-hybridized carbons (Fsp3) is 0.700. The van der Waals surface area contributed by atoms with Crippen LogP contribution in [0.5, 0.6) is 0 Å². The van der Waals surface area contributed by atoms with E-state index in [0.29, 0.717) is 6.04 Å². The Morgan fingerprint density at radius 2 is 2.43 bits per heavy atom. The Labute approximate surface area is 89.7 Å². The van der Waals surface area contributed by atoms with Crippen LogP contribution in [0.25, 0.3) is 0 Å². The molecule has 0 spiro atoms. The van der Waals surface area contributed by atoms with Gasteiger partial charge in [-0.15, -0.1) is 11.6 Å². The predicted octanol–water partition coefficient (Wildman–Crippen LogP) is 1.76. The van der Waals surface area contributed by atoms with Crippen LogP contribution in [-0.4, -0.2) is 40.2 Å². The van der Waals surface area contributed by atoms with Crippen LogP contribution in [0.1, 0.15) is 18.9 Å². The van der Waals surface area contributed by atoms with Gasteiger partial charge in [0.25, 0.3) is 0 Å². The first kappa shape index (κ1) is 9.99. The van der Waals surface area contributed by atoms with E-state index in [4.69, 9.17) is 11.6 Å². The van der Waals surface area contributed by atoms with E-state index in [-0.39, 0.29) is 0 Å². The fourth-order valence-corrected chi connectivity index (χ4v) is 2.13. The molecule has 0 aliphatic carbocycles. The van der Waals surface area contributed by atoms with Gasteiger partial charge in [-0.25, -0.2) is 0 Å². The maximum atomic E-state index is 5.67. The van der Waals surface area contributed by atoms with Crippen molar-refractivity contribution in [2.24, 2.45) is 0 Å². The summed E-state index contributed by atoms with van der Waals surface area (Å²) in [4.78, 5) is 2.47. The lowest BCUT2D eigenvalue weighted by Gasteiger charge is -2.15. The predicted molar refractivity (Wildman–Crippen MR) is 57.7 cm³/mol. The zero-order valence-corrected chi connectivity index (χ0v) is 9.03. The van der Waals surface area contributed by atoms with Crippen molar-refractivity contribution in [1.82, 2.24) is 14.7 Å². The summed E-state index contributed by atoms with van der Waals surface area (Å²) in [6, 6.07) is 2.56. The maximum Gasteiger partial charge on any atom is 0.0658 e. The van der Waals surface area contributed by atoms with E-state index in [2.05, 4.69) is 20.9 Å². The van der Waals surface area contributed by atoms with Crippen LogP contribution in [0.3, 0.4) is 0 Å². The molecule has 3 nitrogen and oxygen atoms in total. The lowest BCUT2D eigenvalue weighted by Crippen LogP contribution is -2.23. The smallest absolute Gasteiger partial charge is 0.0658 e. The second-order valence-electron chi connectivity index (χ2n) is 3.77. The minimum Gasteiger partial charge on any atom is -0.301 e. The van der Waals surface area contributed by atoms with Gasteiger partial charge >= 0.3 is 0 Å². The third kappa shape index (κ3) is 2.28. The van der Waals surface area contributed by atoms with E-state index < -0.39 is 0 Å². The Balaban J connectivity index is 1.83. The van der Waals surface area contributed by atoms with Crippen molar-refractivity contribution >= 4 is 11.6 Å². The molecule has 1 fully saturated rings. The highest BCUT2D eigenvalue weighted by molar-refractivity contribution is 6.17. The van der Waals surface area contributed by atoms with Gasteiger partial charge in [0.15, 0.2) is 0 Å². The number of aromatic nitrogens is 2. The lowest BCUT2D eigenvalue weighted by atomic mass is 10.3. The highest BCUT2D eigenvalue weighted by Crippen LogP contribution is 2.20. The first-order chi connectivity index (χ1) is 6.90. The van der Waals surface area contributed by atoms with Gasteiger partial charge in [0.05, 0.1) is 6.04 Å². The largest absolute Gasteiger partial charge is 0.301 e.